The van der Waals surface area contributed by atoms with E-state index < -0.39 is 0 Å². The summed E-state index contributed by atoms with van der Waals surface area (Å²) in [7, 11) is 0. The van der Waals surface area contributed by atoms with Crippen LogP contribution in [0.25, 0.3) is 0 Å². The first-order chi connectivity index (χ1) is 15.1. The van der Waals surface area contributed by atoms with Crippen LogP contribution in [0, 0.1) is 5.41 Å². The summed E-state index contributed by atoms with van der Waals surface area (Å²) >= 11 is 2.28. The quantitative estimate of drug-likeness (QED) is 0.177. The number of hydrogen-bond donors (Lipinski definition) is 3. The number of nitrogens with one attached hydrogen (secondary N) is 3. The molecule has 0 unspecified atom stereocenters. The van der Waals surface area contributed by atoms with Gasteiger partial charge in [0.25, 0.3) is 5.91 Å². The summed E-state index contributed by atoms with van der Waals surface area (Å²) in [5.74, 6) is 0.951. The Morgan fingerprint density at radius 2 is 1.84 bits per heavy atom. The van der Waals surface area contributed by atoms with Crippen molar-refractivity contribution in [1.82, 2.24) is 9.88 Å². The standard InChI is InChI=1S/C24H24IN5O/c25-14-17-6-11-22(28-15-17)29-24(31)21-5-2-1-4-19(21)16-27-20-9-7-18(8-10-20)23(26)30-12-3-13-30/h1-2,4-11,15,26-27H,3,12-14,16H2,(H,28,29,31). The number of amidine groups is 1. The molecule has 0 spiro atoms. The van der Waals surface area contributed by atoms with E-state index in [1.165, 1.54) is 0 Å². The largest absolute Gasteiger partial charge is 0.381 e. The van der Waals surface area contributed by atoms with Gasteiger partial charge in [0.1, 0.15) is 11.7 Å². The van der Waals surface area contributed by atoms with Crippen LogP contribution in [-0.4, -0.2) is 34.7 Å². The monoisotopic (exact) mass is 525 g/mol. The Hall–Kier alpha value is -2.94. The van der Waals surface area contributed by atoms with Crippen LogP contribution in [-0.2, 0) is 11.0 Å². The normalized spacial score (nSPS) is 12.7. The van der Waals surface area contributed by atoms with Crippen molar-refractivity contribution >= 4 is 45.8 Å². The fourth-order valence-electron chi connectivity index (χ4n) is 3.32. The van der Waals surface area contributed by atoms with E-state index in [1.54, 1.807) is 6.20 Å². The molecule has 158 valence electrons. The zero-order valence-electron chi connectivity index (χ0n) is 17.1. The van der Waals surface area contributed by atoms with Crippen LogP contribution < -0.4 is 10.6 Å². The first-order valence-electron chi connectivity index (χ1n) is 10.2. The molecule has 1 fully saturated rings. The summed E-state index contributed by atoms with van der Waals surface area (Å²) in [4.78, 5) is 19.2. The van der Waals surface area contributed by atoms with Crippen molar-refractivity contribution in [1.29, 1.82) is 5.41 Å². The molecule has 2 heterocycles. The number of hydrogen-bond acceptors (Lipinski definition) is 4. The lowest BCUT2D eigenvalue weighted by Crippen LogP contribution is -2.42. The third-order valence-electron chi connectivity index (χ3n) is 5.30. The predicted molar refractivity (Wildman–Crippen MR) is 133 cm³/mol. The van der Waals surface area contributed by atoms with E-state index in [9.17, 15) is 4.79 Å². The number of aromatic nitrogens is 1. The van der Waals surface area contributed by atoms with Crippen molar-refractivity contribution in [3.8, 4) is 0 Å². The molecule has 0 saturated carbocycles. The maximum absolute atomic E-state index is 12.8. The van der Waals surface area contributed by atoms with E-state index in [4.69, 9.17) is 5.41 Å². The van der Waals surface area contributed by atoms with Crippen molar-refractivity contribution in [3.63, 3.8) is 0 Å². The fraction of sp³-hybridized carbons (Fsp3) is 0.208. The highest BCUT2D eigenvalue weighted by Gasteiger charge is 2.18. The summed E-state index contributed by atoms with van der Waals surface area (Å²) < 4.78 is 0.883. The summed E-state index contributed by atoms with van der Waals surface area (Å²) in [5, 5.41) is 14.5. The fourth-order valence-corrected chi connectivity index (χ4v) is 3.77. The van der Waals surface area contributed by atoms with Crippen LogP contribution in [0.1, 0.15) is 33.5 Å². The van der Waals surface area contributed by atoms with E-state index in [1.807, 2.05) is 60.7 Å². The number of nitrogens with zero attached hydrogens (tertiary/aromatic N) is 2. The molecule has 0 bridgehead atoms. The number of anilines is 2. The molecular weight excluding hydrogens is 501 g/mol. The molecule has 1 amide bonds. The van der Waals surface area contributed by atoms with Crippen molar-refractivity contribution in [2.75, 3.05) is 23.7 Å². The second-order valence-electron chi connectivity index (χ2n) is 7.42. The van der Waals surface area contributed by atoms with Gasteiger partial charge >= 0.3 is 0 Å². The van der Waals surface area contributed by atoms with Crippen LogP contribution in [0.2, 0.25) is 0 Å². The molecule has 4 rings (SSSR count). The lowest BCUT2D eigenvalue weighted by molar-refractivity contribution is 0.102. The van der Waals surface area contributed by atoms with Crippen molar-refractivity contribution in [2.24, 2.45) is 0 Å². The van der Waals surface area contributed by atoms with Gasteiger partial charge in [0.05, 0.1) is 0 Å². The Balaban J connectivity index is 1.40. The maximum Gasteiger partial charge on any atom is 0.257 e. The highest BCUT2D eigenvalue weighted by molar-refractivity contribution is 14.1. The molecule has 2 aromatic carbocycles. The lowest BCUT2D eigenvalue weighted by atomic mass is 10.1. The molecule has 3 N–H and O–H groups in total. The maximum atomic E-state index is 12.8. The van der Waals surface area contributed by atoms with E-state index in [0.29, 0.717) is 23.8 Å². The summed E-state index contributed by atoms with van der Waals surface area (Å²) in [5.41, 5.74) is 4.51. The van der Waals surface area contributed by atoms with Crippen molar-refractivity contribution < 1.29 is 4.79 Å². The highest BCUT2D eigenvalue weighted by Crippen LogP contribution is 2.18. The number of carbonyl (C=O) groups is 1. The number of amides is 1. The number of alkyl halides is 1. The van der Waals surface area contributed by atoms with Gasteiger partial charge in [-0.15, -0.1) is 0 Å². The molecule has 0 atom stereocenters. The summed E-state index contributed by atoms with van der Waals surface area (Å²) in [6.07, 6.45) is 2.94. The van der Waals surface area contributed by atoms with Gasteiger partial charge in [-0.1, -0.05) is 46.9 Å². The lowest BCUT2D eigenvalue weighted by Gasteiger charge is -2.33. The van der Waals surface area contributed by atoms with Crippen molar-refractivity contribution in [2.45, 2.75) is 17.4 Å². The average Bonchev–Trinajstić information content (AvgIpc) is 2.77. The third kappa shape index (κ3) is 5.22. The summed E-state index contributed by atoms with van der Waals surface area (Å²) in [6, 6.07) is 19.2. The molecule has 3 aromatic rings. The van der Waals surface area contributed by atoms with Crippen LogP contribution in [0.15, 0.2) is 66.9 Å². The van der Waals surface area contributed by atoms with Gasteiger partial charge < -0.3 is 15.5 Å². The van der Waals surface area contributed by atoms with Gasteiger partial charge in [0.2, 0.25) is 0 Å². The number of halogens is 1. The smallest absolute Gasteiger partial charge is 0.257 e. The number of pyridine rings is 1. The predicted octanol–water partition coefficient (Wildman–Crippen LogP) is 4.91. The van der Waals surface area contributed by atoms with Gasteiger partial charge in [0.15, 0.2) is 0 Å². The molecule has 6 nitrogen and oxygen atoms in total. The van der Waals surface area contributed by atoms with Crippen LogP contribution in [0.5, 0.6) is 0 Å². The highest BCUT2D eigenvalue weighted by atomic mass is 127. The number of carbonyl (C=O) groups excluding carboxylic acids is 1. The molecule has 1 aliphatic heterocycles. The first-order valence-corrected chi connectivity index (χ1v) is 11.7. The number of likely N-dealkylation sites (tertiary alicyclic amines) is 1. The van der Waals surface area contributed by atoms with Gasteiger partial charge in [0, 0.05) is 47.1 Å². The SMILES string of the molecule is N=C(c1ccc(NCc2ccccc2C(=O)Nc2ccc(CI)cn2)cc1)N1CCC1. The molecule has 7 heteroatoms. The van der Waals surface area contributed by atoms with E-state index >= 15 is 0 Å². The molecular formula is C24H24IN5O. The Morgan fingerprint density at radius 3 is 2.48 bits per heavy atom. The first kappa shape index (κ1) is 21.3. The molecule has 0 radical (unpaired) electrons. The van der Waals surface area contributed by atoms with Crippen molar-refractivity contribution in [3.05, 3.63) is 89.1 Å². The van der Waals surface area contributed by atoms with Crippen LogP contribution in [0.3, 0.4) is 0 Å². The van der Waals surface area contributed by atoms with Gasteiger partial charge in [-0.2, -0.15) is 0 Å². The molecule has 1 saturated heterocycles. The second kappa shape index (κ2) is 9.91. The van der Waals surface area contributed by atoms with Crippen LogP contribution in [0.4, 0.5) is 11.5 Å². The minimum Gasteiger partial charge on any atom is -0.381 e. The van der Waals surface area contributed by atoms with E-state index in [-0.39, 0.29) is 5.91 Å². The second-order valence-corrected chi connectivity index (χ2v) is 8.18. The third-order valence-corrected chi connectivity index (χ3v) is 6.18. The number of rotatable bonds is 7. The zero-order chi connectivity index (χ0) is 21.6. The Bertz CT molecular complexity index is 1060. The topological polar surface area (TPSA) is 81.1 Å². The van der Waals surface area contributed by atoms with Gasteiger partial charge in [-0.25, -0.2) is 4.98 Å². The number of benzene rings is 2. The van der Waals surface area contributed by atoms with Crippen LogP contribution >= 0.6 is 22.6 Å². The average molecular weight is 525 g/mol. The Labute approximate surface area is 195 Å². The van der Waals surface area contributed by atoms with Gasteiger partial charge in [-0.05, 0) is 53.9 Å². The van der Waals surface area contributed by atoms with Gasteiger partial charge in [-0.3, -0.25) is 10.2 Å². The molecule has 0 aliphatic carbocycles. The minimum atomic E-state index is -0.175. The Kier molecular flexibility index (Phi) is 6.81. The molecule has 31 heavy (non-hydrogen) atoms. The van der Waals surface area contributed by atoms with E-state index in [0.717, 1.165) is 46.3 Å². The zero-order valence-corrected chi connectivity index (χ0v) is 19.2. The summed E-state index contributed by atoms with van der Waals surface area (Å²) in [6.45, 7) is 2.46. The molecule has 1 aromatic heterocycles. The van der Waals surface area contributed by atoms with E-state index in [2.05, 4.69) is 43.1 Å². The molecule has 1 aliphatic rings. The Morgan fingerprint density at radius 1 is 1.06 bits per heavy atom. The minimum absolute atomic E-state index is 0.175.